The van der Waals surface area contributed by atoms with Crippen LogP contribution in [0.5, 0.6) is 0 Å². The molecule has 7 nitrogen and oxygen atoms in total. The van der Waals surface area contributed by atoms with E-state index in [9.17, 15) is 9.59 Å². The van der Waals surface area contributed by atoms with E-state index in [1.165, 1.54) is 11.1 Å². The molecule has 1 fully saturated rings. The number of hydrogen-bond acceptors (Lipinski definition) is 6. The van der Waals surface area contributed by atoms with Crippen LogP contribution in [-0.4, -0.2) is 56.4 Å². The summed E-state index contributed by atoms with van der Waals surface area (Å²) in [5.74, 6) is -1.23. The maximum absolute atomic E-state index is 12.0. The predicted molar refractivity (Wildman–Crippen MR) is 57.8 cm³/mol. The van der Waals surface area contributed by atoms with Crippen molar-refractivity contribution in [3.8, 4) is 0 Å². The normalized spacial score (nSPS) is 20.2. The first-order valence-electron chi connectivity index (χ1n) is 5.06. The van der Waals surface area contributed by atoms with Gasteiger partial charge in [0.25, 0.3) is 5.91 Å². The highest BCUT2D eigenvalue weighted by Gasteiger charge is 2.30. The maximum atomic E-state index is 12.0. The minimum Gasteiger partial charge on any atom is -0.481 e. The van der Waals surface area contributed by atoms with Crippen LogP contribution < -0.4 is 0 Å². The molecule has 0 aromatic carbocycles. The molecule has 92 valence electrons. The lowest BCUT2D eigenvalue weighted by atomic mass is 10.1. The number of hydrogen-bond donors (Lipinski definition) is 1. The highest BCUT2D eigenvalue weighted by molar-refractivity contribution is 6.99. The molecule has 1 aliphatic rings. The van der Waals surface area contributed by atoms with E-state index >= 15 is 0 Å². The molecular weight excluding hydrogens is 246 g/mol. The summed E-state index contributed by atoms with van der Waals surface area (Å²) in [6.45, 7) is 1.04. The Kier molecular flexibility index (Phi) is 3.64. The average molecular weight is 257 g/mol. The topological polar surface area (TPSA) is 92.6 Å². The molecular formula is C9H11N3O4S. The third-order valence-corrected chi connectivity index (χ3v) is 2.96. The number of rotatable bonds is 3. The predicted octanol–water partition coefficient (Wildman–Crippen LogP) is -0.146. The van der Waals surface area contributed by atoms with Crippen LogP contribution in [0.4, 0.5) is 0 Å². The van der Waals surface area contributed by atoms with Crippen molar-refractivity contribution in [1.29, 1.82) is 0 Å². The Morgan fingerprint density at radius 3 is 3.12 bits per heavy atom. The fraction of sp³-hybridized carbons (Fsp3) is 0.556. The van der Waals surface area contributed by atoms with Gasteiger partial charge in [0.05, 0.1) is 43.6 Å². The Balaban J connectivity index is 2.10. The largest absolute Gasteiger partial charge is 0.481 e. The van der Waals surface area contributed by atoms with Gasteiger partial charge in [0.1, 0.15) is 0 Å². The summed E-state index contributed by atoms with van der Waals surface area (Å²) in [6.07, 6.45) is 1.27. The van der Waals surface area contributed by atoms with Gasteiger partial charge in [-0.2, -0.15) is 8.75 Å². The van der Waals surface area contributed by atoms with Crippen molar-refractivity contribution in [2.45, 2.75) is 12.5 Å². The fourth-order valence-electron chi connectivity index (χ4n) is 1.70. The smallest absolute Gasteiger partial charge is 0.305 e. The van der Waals surface area contributed by atoms with E-state index in [0.717, 1.165) is 11.7 Å². The molecule has 1 N–H and O–H groups in total. The lowest BCUT2D eigenvalue weighted by Crippen LogP contribution is -2.49. The van der Waals surface area contributed by atoms with Gasteiger partial charge < -0.3 is 14.7 Å². The van der Waals surface area contributed by atoms with Crippen molar-refractivity contribution in [1.82, 2.24) is 13.6 Å². The van der Waals surface area contributed by atoms with Gasteiger partial charge in [-0.25, -0.2) is 0 Å². The number of amides is 1. The van der Waals surface area contributed by atoms with Gasteiger partial charge >= 0.3 is 5.97 Å². The molecule has 8 heteroatoms. The Hall–Kier alpha value is -1.54. The molecule has 17 heavy (non-hydrogen) atoms. The van der Waals surface area contributed by atoms with Gasteiger partial charge in [-0.15, -0.1) is 0 Å². The van der Waals surface area contributed by atoms with Crippen molar-refractivity contribution in [3.05, 3.63) is 11.9 Å². The molecule has 0 saturated carbocycles. The van der Waals surface area contributed by atoms with E-state index in [2.05, 4.69) is 8.75 Å². The number of morpholine rings is 1. The second-order valence-corrected chi connectivity index (χ2v) is 4.17. The zero-order valence-corrected chi connectivity index (χ0v) is 9.72. The first kappa shape index (κ1) is 11.9. The molecule has 1 saturated heterocycles. The monoisotopic (exact) mass is 257 g/mol. The van der Waals surface area contributed by atoms with E-state index in [1.807, 2.05) is 0 Å². The lowest BCUT2D eigenvalue weighted by molar-refractivity contribution is -0.139. The minimum atomic E-state index is -0.949. The molecule has 1 aromatic rings. The molecule has 1 amide bonds. The number of aliphatic carboxylic acids is 1. The van der Waals surface area contributed by atoms with Crippen molar-refractivity contribution in [3.63, 3.8) is 0 Å². The average Bonchev–Trinajstić information content (AvgIpc) is 2.81. The highest BCUT2D eigenvalue weighted by atomic mass is 32.1. The van der Waals surface area contributed by atoms with Crippen LogP contribution in [0.25, 0.3) is 0 Å². The van der Waals surface area contributed by atoms with Crippen LogP contribution >= 0.6 is 11.7 Å². The second kappa shape index (κ2) is 5.19. The first-order chi connectivity index (χ1) is 8.18. The van der Waals surface area contributed by atoms with Crippen molar-refractivity contribution in [2.75, 3.05) is 19.8 Å². The summed E-state index contributed by atoms with van der Waals surface area (Å²) >= 11 is 0.952. The van der Waals surface area contributed by atoms with Gasteiger partial charge in [-0.3, -0.25) is 9.59 Å². The molecule has 0 aliphatic carbocycles. The van der Waals surface area contributed by atoms with E-state index in [4.69, 9.17) is 9.84 Å². The number of carbonyl (C=O) groups excluding carboxylic acids is 1. The standard InChI is InChI=1S/C9H11N3O4S/c13-8(14)3-6-5-16-2-1-12(6)9(15)7-4-10-17-11-7/h4,6H,1-3,5H2,(H,13,14). The summed E-state index contributed by atoms with van der Waals surface area (Å²) < 4.78 is 12.8. The van der Waals surface area contributed by atoms with Crippen LogP contribution in [0.3, 0.4) is 0 Å². The van der Waals surface area contributed by atoms with Gasteiger partial charge in [-0.1, -0.05) is 0 Å². The Morgan fingerprint density at radius 2 is 2.47 bits per heavy atom. The zero-order valence-electron chi connectivity index (χ0n) is 8.90. The van der Waals surface area contributed by atoms with Crippen molar-refractivity contribution in [2.24, 2.45) is 0 Å². The van der Waals surface area contributed by atoms with Crippen LogP contribution in [0.1, 0.15) is 16.9 Å². The molecule has 2 rings (SSSR count). The van der Waals surface area contributed by atoms with Gasteiger partial charge in [-0.05, 0) is 0 Å². The first-order valence-corrected chi connectivity index (χ1v) is 5.79. The van der Waals surface area contributed by atoms with Crippen molar-refractivity contribution < 1.29 is 19.4 Å². The number of ether oxygens (including phenoxy) is 1. The number of nitrogens with zero attached hydrogens (tertiary/aromatic N) is 3. The van der Waals surface area contributed by atoms with Crippen molar-refractivity contribution >= 4 is 23.6 Å². The van der Waals surface area contributed by atoms with Crippen LogP contribution in [0.15, 0.2) is 6.20 Å². The molecule has 1 aliphatic heterocycles. The quantitative estimate of drug-likeness (QED) is 0.809. The van der Waals surface area contributed by atoms with Gasteiger partial charge in [0, 0.05) is 6.54 Å². The Morgan fingerprint density at radius 1 is 1.65 bits per heavy atom. The lowest BCUT2D eigenvalue weighted by Gasteiger charge is -2.34. The zero-order chi connectivity index (χ0) is 12.3. The summed E-state index contributed by atoms with van der Waals surface area (Å²) in [6, 6.07) is -0.435. The third-order valence-electron chi connectivity index (χ3n) is 2.48. The number of aromatic nitrogens is 2. The summed E-state index contributed by atoms with van der Waals surface area (Å²) in [5, 5.41) is 8.78. The molecule has 1 aromatic heterocycles. The third kappa shape index (κ3) is 2.77. The van der Waals surface area contributed by atoms with E-state index in [-0.39, 0.29) is 24.6 Å². The fourth-order valence-corrected chi connectivity index (χ4v) is 2.11. The van der Waals surface area contributed by atoms with E-state index in [0.29, 0.717) is 13.2 Å². The van der Waals surface area contributed by atoms with E-state index < -0.39 is 12.0 Å². The Bertz CT molecular complexity index is 408. The molecule has 1 unspecified atom stereocenters. The van der Waals surface area contributed by atoms with Gasteiger partial charge in [0.15, 0.2) is 5.69 Å². The highest BCUT2D eigenvalue weighted by Crippen LogP contribution is 2.14. The minimum absolute atomic E-state index is 0.122. The number of carboxylic acid groups (broad SMARTS) is 1. The molecule has 2 heterocycles. The SMILES string of the molecule is O=C(O)CC1COCCN1C(=O)c1cnsn1. The van der Waals surface area contributed by atoms with Crippen LogP contribution in [0, 0.1) is 0 Å². The summed E-state index contributed by atoms with van der Waals surface area (Å²) in [7, 11) is 0. The van der Waals surface area contributed by atoms with Crippen LogP contribution in [-0.2, 0) is 9.53 Å². The molecule has 0 spiro atoms. The molecule has 0 radical (unpaired) electrons. The van der Waals surface area contributed by atoms with Crippen LogP contribution in [0.2, 0.25) is 0 Å². The summed E-state index contributed by atoms with van der Waals surface area (Å²) in [5.41, 5.74) is 0.257. The van der Waals surface area contributed by atoms with Gasteiger partial charge in [0.2, 0.25) is 0 Å². The molecule has 1 atom stereocenters. The van der Waals surface area contributed by atoms with E-state index in [1.54, 1.807) is 0 Å². The molecule has 0 bridgehead atoms. The maximum Gasteiger partial charge on any atom is 0.305 e. The second-order valence-electron chi connectivity index (χ2n) is 3.62. The summed E-state index contributed by atoms with van der Waals surface area (Å²) in [4.78, 5) is 24.2. The number of carboxylic acids is 1. The Labute approximate surface area is 101 Å². The number of carbonyl (C=O) groups is 2.